The van der Waals surface area contributed by atoms with Crippen molar-refractivity contribution in [2.45, 2.75) is 12.8 Å². The Balaban J connectivity index is 2.06. The highest BCUT2D eigenvalue weighted by atomic mass is 16.6. The molecular weight excluding hydrogens is 298 g/mol. The smallest absolute Gasteiger partial charge is 0.343 e. The second-order valence-electron chi connectivity index (χ2n) is 5.20. The molecule has 0 radical (unpaired) electrons. The average Bonchev–Trinajstić information content (AvgIpc) is 2.52. The highest BCUT2D eigenvalue weighted by Gasteiger charge is 2.22. The number of ether oxygens (including phenoxy) is 2. The molecule has 2 aromatic carbocycles. The van der Waals surface area contributed by atoms with Crippen LogP contribution in [0, 0.1) is 0 Å². The van der Waals surface area contributed by atoms with Crippen LogP contribution >= 0.6 is 0 Å². The Morgan fingerprint density at radius 2 is 2.04 bits per heavy atom. The lowest BCUT2D eigenvalue weighted by Crippen LogP contribution is -2.16. The van der Waals surface area contributed by atoms with Gasteiger partial charge in [0, 0.05) is 5.69 Å². The standard InChI is InChI=1S/C17H15NO5/c18-11-6-7-12-10(9-11)3-2-8-22-15-13(16(19)20)4-1-5-14(15)23-17(12)21/h1,4-7,9H,2-3,8,18H2,(H,19,20). The van der Waals surface area contributed by atoms with E-state index in [9.17, 15) is 14.7 Å². The molecule has 0 aliphatic carbocycles. The number of nitrogens with two attached hydrogens (primary N) is 1. The van der Waals surface area contributed by atoms with Crippen molar-refractivity contribution < 1.29 is 24.2 Å². The second-order valence-corrected chi connectivity index (χ2v) is 5.20. The first-order valence-corrected chi connectivity index (χ1v) is 7.16. The molecule has 118 valence electrons. The quantitative estimate of drug-likeness (QED) is 0.477. The van der Waals surface area contributed by atoms with Gasteiger partial charge in [-0.05, 0) is 48.7 Å². The Morgan fingerprint density at radius 3 is 2.83 bits per heavy atom. The van der Waals surface area contributed by atoms with Crippen molar-refractivity contribution in [2.75, 3.05) is 12.3 Å². The molecule has 0 bridgehead atoms. The molecule has 1 heterocycles. The van der Waals surface area contributed by atoms with Crippen molar-refractivity contribution in [3.05, 3.63) is 53.1 Å². The number of esters is 1. The number of carbonyl (C=O) groups excluding carboxylic acids is 1. The van der Waals surface area contributed by atoms with Gasteiger partial charge in [0.05, 0.1) is 12.2 Å². The van der Waals surface area contributed by atoms with Gasteiger partial charge in [0.1, 0.15) is 5.56 Å². The van der Waals surface area contributed by atoms with Gasteiger partial charge < -0.3 is 20.3 Å². The molecule has 6 nitrogen and oxygen atoms in total. The predicted octanol–water partition coefficient (Wildman–Crippen LogP) is 2.51. The lowest BCUT2D eigenvalue weighted by atomic mass is 10.0. The molecule has 0 aromatic heterocycles. The molecular formula is C17H15NO5. The summed E-state index contributed by atoms with van der Waals surface area (Å²) in [7, 11) is 0. The van der Waals surface area contributed by atoms with Crippen molar-refractivity contribution >= 4 is 17.6 Å². The van der Waals surface area contributed by atoms with Crippen LogP contribution in [0.4, 0.5) is 5.69 Å². The first kappa shape index (κ1) is 14.9. The summed E-state index contributed by atoms with van der Waals surface area (Å²) in [4.78, 5) is 23.7. The zero-order valence-electron chi connectivity index (χ0n) is 12.2. The molecule has 0 fully saturated rings. The fourth-order valence-corrected chi connectivity index (χ4v) is 2.52. The fourth-order valence-electron chi connectivity index (χ4n) is 2.52. The zero-order chi connectivity index (χ0) is 16.4. The Kier molecular flexibility index (Phi) is 3.89. The third-order valence-corrected chi connectivity index (χ3v) is 3.60. The van der Waals surface area contributed by atoms with Crippen molar-refractivity contribution in [3.8, 4) is 11.5 Å². The topological polar surface area (TPSA) is 98.8 Å². The molecule has 23 heavy (non-hydrogen) atoms. The molecule has 1 aliphatic heterocycles. The molecule has 1 aliphatic rings. The minimum Gasteiger partial charge on any atom is -0.489 e. The molecule has 0 unspecified atom stereocenters. The molecule has 6 heteroatoms. The number of rotatable bonds is 1. The summed E-state index contributed by atoms with van der Waals surface area (Å²) in [5.41, 5.74) is 7.52. The minimum atomic E-state index is -1.14. The lowest BCUT2D eigenvalue weighted by Gasteiger charge is -2.17. The second kappa shape index (κ2) is 6.00. The summed E-state index contributed by atoms with van der Waals surface area (Å²) in [5, 5.41) is 9.25. The van der Waals surface area contributed by atoms with Gasteiger partial charge in [-0.2, -0.15) is 0 Å². The summed E-state index contributed by atoms with van der Waals surface area (Å²) in [6, 6.07) is 9.43. The van der Waals surface area contributed by atoms with E-state index in [4.69, 9.17) is 15.2 Å². The molecule has 0 amide bonds. The molecule has 0 saturated heterocycles. The molecule has 2 aromatic rings. The van der Waals surface area contributed by atoms with Crippen LogP contribution in [0.3, 0.4) is 0 Å². The van der Waals surface area contributed by atoms with Gasteiger partial charge in [-0.3, -0.25) is 0 Å². The SMILES string of the molecule is Nc1ccc2c(c1)CCCOc1c(cccc1C(=O)O)OC2=O. The molecule has 0 saturated carbocycles. The first-order chi connectivity index (χ1) is 11.1. The van der Waals surface area contributed by atoms with Crippen LogP contribution in [-0.4, -0.2) is 23.7 Å². The van der Waals surface area contributed by atoms with Gasteiger partial charge in [0.25, 0.3) is 0 Å². The van der Waals surface area contributed by atoms with Crippen LogP contribution < -0.4 is 15.2 Å². The lowest BCUT2D eigenvalue weighted by molar-refractivity contribution is 0.0676. The van der Waals surface area contributed by atoms with E-state index in [1.54, 1.807) is 18.2 Å². The third kappa shape index (κ3) is 2.96. The number of carboxylic acids is 1. The largest absolute Gasteiger partial charge is 0.489 e. The summed E-state index contributed by atoms with van der Waals surface area (Å²) in [6.07, 6.45) is 1.21. The Morgan fingerprint density at radius 1 is 1.22 bits per heavy atom. The summed E-state index contributed by atoms with van der Waals surface area (Å²) < 4.78 is 10.9. The van der Waals surface area contributed by atoms with Crippen LogP contribution in [0.2, 0.25) is 0 Å². The highest BCUT2D eigenvalue weighted by molar-refractivity contribution is 5.95. The maximum atomic E-state index is 12.4. The number of hydrogen-bond donors (Lipinski definition) is 2. The number of aryl methyl sites for hydroxylation is 1. The Hall–Kier alpha value is -3.02. The number of fused-ring (bicyclic) bond motifs is 2. The number of anilines is 1. The van der Waals surface area contributed by atoms with Gasteiger partial charge in [-0.25, -0.2) is 9.59 Å². The summed E-state index contributed by atoms with van der Waals surface area (Å²) >= 11 is 0. The van der Waals surface area contributed by atoms with Crippen LogP contribution in [0.1, 0.15) is 32.7 Å². The van der Waals surface area contributed by atoms with E-state index >= 15 is 0 Å². The van der Waals surface area contributed by atoms with Gasteiger partial charge in [-0.1, -0.05) is 6.07 Å². The monoisotopic (exact) mass is 313 g/mol. The van der Waals surface area contributed by atoms with Gasteiger partial charge >= 0.3 is 11.9 Å². The number of carbonyl (C=O) groups is 2. The Bertz CT molecular complexity index is 785. The van der Waals surface area contributed by atoms with Gasteiger partial charge in [0.15, 0.2) is 11.5 Å². The average molecular weight is 313 g/mol. The third-order valence-electron chi connectivity index (χ3n) is 3.60. The molecule has 3 rings (SSSR count). The summed E-state index contributed by atoms with van der Waals surface area (Å²) in [5.74, 6) is -1.52. The maximum Gasteiger partial charge on any atom is 0.343 e. The number of aromatic carboxylic acids is 1. The predicted molar refractivity (Wildman–Crippen MR) is 83.0 cm³/mol. The normalized spacial score (nSPS) is 14.0. The van der Waals surface area contributed by atoms with Crippen molar-refractivity contribution in [3.63, 3.8) is 0 Å². The van der Waals surface area contributed by atoms with E-state index in [1.807, 2.05) is 0 Å². The van der Waals surface area contributed by atoms with Crippen LogP contribution in [-0.2, 0) is 6.42 Å². The van der Waals surface area contributed by atoms with E-state index in [-0.39, 0.29) is 17.1 Å². The van der Waals surface area contributed by atoms with Gasteiger partial charge in [0.2, 0.25) is 0 Å². The van der Waals surface area contributed by atoms with Crippen LogP contribution in [0.15, 0.2) is 36.4 Å². The van der Waals surface area contributed by atoms with E-state index in [0.717, 1.165) is 5.56 Å². The van der Waals surface area contributed by atoms with Crippen molar-refractivity contribution in [1.29, 1.82) is 0 Å². The van der Waals surface area contributed by atoms with E-state index in [0.29, 0.717) is 30.7 Å². The Labute approximate surface area is 132 Å². The number of benzene rings is 2. The van der Waals surface area contributed by atoms with Crippen molar-refractivity contribution in [1.82, 2.24) is 0 Å². The maximum absolute atomic E-state index is 12.4. The number of nitrogen functional groups attached to an aromatic ring is 1. The number of para-hydroxylation sites is 1. The highest BCUT2D eigenvalue weighted by Crippen LogP contribution is 2.33. The van der Waals surface area contributed by atoms with E-state index < -0.39 is 11.9 Å². The number of carboxylic acid groups (broad SMARTS) is 1. The number of hydrogen-bond acceptors (Lipinski definition) is 5. The fraction of sp³-hybridized carbons (Fsp3) is 0.176. The van der Waals surface area contributed by atoms with Crippen LogP contribution in [0.25, 0.3) is 0 Å². The zero-order valence-corrected chi connectivity index (χ0v) is 12.2. The molecule has 0 atom stereocenters. The first-order valence-electron chi connectivity index (χ1n) is 7.16. The van der Waals surface area contributed by atoms with E-state index in [2.05, 4.69) is 0 Å². The molecule has 3 N–H and O–H groups in total. The van der Waals surface area contributed by atoms with Crippen molar-refractivity contribution in [2.24, 2.45) is 0 Å². The van der Waals surface area contributed by atoms with Crippen LogP contribution in [0.5, 0.6) is 11.5 Å². The van der Waals surface area contributed by atoms with Gasteiger partial charge in [-0.15, -0.1) is 0 Å². The van der Waals surface area contributed by atoms with E-state index in [1.165, 1.54) is 18.2 Å². The molecule has 0 spiro atoms. The summed E-state index contributed by atoms with van der Waals surface area (Å²) in [6.45, 7) is 0.309. The minimum absolute atomic E-state index is 0.0339.